The summed E-state index contributed by atoms with van der Waals surface area (Å²) in [7, 11) is -5.16. The molecule has 1 rings (SSSR count). The normalized spacial score (nSPS) is 23.1. The summed E-state index contributed by atoms with van der Waals surface area (Å²) in [4.78, 5) is 23.5. The molecule has 1 aliphatic carbocycles. The van der Waals surface area contributed by atoms with Crippen LogP contribution < -0.4 is 5.32 Å². The lowest BCUT2D eigenvalue weighted by Crippen LogP contribution is -2.64. The molecule has 0 saturated heterocycles. The van der Waals surface area contributed by atoms with Gasteiger partial charge in [-0.1, -0.05) is 178 Å². The van der Waals surface area contributed by atoms with E-state index >= 15 is 0 Å². The number of phosphoric ester groups is 1. The first-order chi connectivity index (χ1) is 30.8. The Morgan fingerprint density at radius 3 is 1.50 bits per heavy atom. The molecule has 0 aromatic heterocycles. The average molecular weight is 930 g/mol. The fourth-order valence-electron chi connectivity index (χ4n) is 7.76. The van der Waals surface area contributed by atoms with Crippen LogP contribution >= 0.6 is 7.82 Å². The minimum atomic E-state index is -5.16. The number of amides is 1. The van der Waals surface area contributed by atoms with Crippen LogP contribution in [0.3, 0.4) is 0 Å². The summed E-state index contributed by atoms with van der Waals surface area (Å²) in [6.45, 7) is 3.71. The number of hydrogen-bond acceptors (Lipinski definition) is 11. The Hall–Kier alpha value is -1.74. The van der Waals surface area contributed by atoms with Crippen LogP contribution in [0.15, 0.2) is 48.6 Å². The molecule has 0 spiro atoms. The maximum absolute atomic E-state index is 13.0. The number of rotatable bonds is 41. The van der Waals surface area contributed by atoms with Crippen LogP contribution in [0.4, 0.5) is 0 Å². The van der Waals surface area contributed by atoms with Gasteiger partial charge >= 0.3 is 7.82 Å². The lowest BCUT2D eigenvalue weighted by atomic mass is 9.85. The Morgan fingerprint density at radius 2 is 0.969 bits per heavy atom. The maximum atomic E-state index is 13.0. The van der Waals surface area contributed by atoms with Gasteiger partial charge in [0.1, 0.15) is 36.6 Å². The van der Waals surface area contributed by atoms with Crippen molar-refractivity contribution < 1.29 is 59.0 Å². The van der Waals surface area contributed by atoms with E-state index in [1.165, 1.54) is 102 Å². The molecule has 13 nitrogen and oxygen atoms in total. The van der Waals surface area contributed by atoms with Crippen molar-refractivity contribution in [2.75, 3.05) is 6.61 Å². The number of unbranched alkanes of at least 4 members (excludes halogenated alkanes) is 22. The molecular weight excluding hydrogens is 838 g/mol. The van der Waals surface area contributed by atoms with Crippen LogP contribution in [0.5, 0.6) is 0 Å². The van der Waals surface area contributed by atoms with Crippen molar-refractivity contribution in [3.8, 4) is 0 Å². The van der Waals surface area contributed by atoms with Gasteiger partial charge in [-0.05, 0) is 64.2 Å². The van der Waals surface area contributed by atoms with E-state index in [2.05, 4.69) is 55.6 Å². The van der Waals surface area contributed by atoms with Crippen molar-refractivity contribution in [3.05, 3.63) is 48.6 Å². The summed E-state index contributed by atoms with van der Waals surface area (Å²) in [5.74, 6) is -0.612. The van der Waals surface area contributed by atoms with Gasteiger partial charge in [-0.25, -0.2) is 4.57 Å². The highest BCUT2D eigenvalue weighted by Crippen LogP contribution is 2.47. The maximum Gasteiger partial charge on any atom is 0.472 e. The fourth-order valence-corrected chi connectivity index (χ4v) is 8.72. The predicted molar refractivity (Wildman–Crippen MR) is 256 cm³/mol. The second-order valence-corrected chi connectivity index (χ2v) is 19.2. The first-order valence-corrected chi connectivity index (χ1v) is 26.7. The summed E-state index contributed by atoms with van der Waals surface area (Å²) >= 11 is 0. The Morgan fingerprint density at radius 1 is 0.562 bits per heavy atom. The number of hydrogen-bond donors (Lipinski definition) is 9. The molecule has 0 aromatic rings. The van der Waals surface area contributed by atoms with E-state index in [1.54, 1.807) is 6.08 Å². The van der Waals surface area contributed by atoms with Gasteiger partial charge in [0.25, 0.3) is 0 Å². The second-order valence-electron chi connectivity index (χ2n) is 17.8. The number of nitrogens with one attached hydrogen (secondary N) is 1. The summed E-state index contributed by atoms with van der Waals surface area (Å²) in [5.41, 5.74) is 0. The summed E-state index contributed by atoms with van der Waals surface area (Å²) < 4.78 is 22.9. The van der Waals surface area contributed by atoms with Gasteiger partial charge in [0, 0.05) is 0 Å². The Balaban J connectivity index is 2.55. The molecule has 0 bridgehead atoms. The second kappa shape index (κ2) is 39.3. The standard InChI is InChI=1S/C50H92NO12P/c1-3-5-7-9-11-13-15-17-19-20-21-22-24-26-28-30-32-34-36-38-43(53)42(40-62-64(60,61)63-50-48(58)46(56)45(55)47(57)49(50)59)51-44(54)39-41(52)37-35-33-31-29-27-25-23-18-16-14-12-10-8-6-4-2/h12,14,18,23,28,30,36,38,41-43,45-50,52-53,55-59H,3-11,13,15-17,19-22,24-27,29,31-35,37,39-40H2,1-2H3,(H,51,54)(H,60,61)/b14-12-,23-18-,30-28+,38-36+. The van der Waals surface area contributed by atoms with Gasteiger partial charge in [-0.3, -0.25) is 13.8 Å². The fraction of sp³-hybridized carbons (Fsp3) is 0.820. The highest BCUT2D eigenvalue weighted by molar-refractivity contribution is 7.47. The van der Waals surface area contributed by atoms with E-state index in [4.69, 9.17) is 9.05 Å². The third kappa shape index (κ3) is 30.5. The van der Waals surface area contributed by atoms with Crippen LogP contribution in [0.25, 0.3) is 0 Å². The van der Waals surface area contributed by atoms with E-state index in [0.717, 1.165) is 70.6 Å². The molecule has 14 heteroatoms. The zero-order valence-corrected chi connectivity index (χ0v) is 40.6. The Bertz CT molecular complexity index is 1280. The van der Waals surface area contributed by atoms with Gasteiger partial charge in [0.15, 0.2) is 0 Å². The molecule has 0 radical (unpaired) electrons. The lowest BCUT2D eigenvalue weighted by Gasteiger charge is -2.41. The smallest absolute Gasteiger partial charge is 0.393 e. The summed E-state index contributed by atoms with van der Waals surface area (Å²) in [6.07, 6.45) is 33.4. The van der Waals surface area contributed by atoms with Crippen LogP contribution in [0.1, 0.15) is 200 Å². The largest absolute Gasteiger partial charge is 0.472 e. The minimum absolute atomic E-state index is 0.263. The lowest BCUT2D eigenvalue weighted by molar-refractivity contribution is -0.220. The Labute approximate surface area is 387 Å². The highest BCUT2D eigenvalue weighted by atomic mass is 31.2. The minimum Gasteiger partial charge on any atom is -0.393 e. The van der Waals surface area contributed by atoms with Gasteiger partial charge in [0.2, 0.25) is 5.91 Å². The predicted octanol–water partition coefficient (Wildman–Crippen LogP) is 9.09. The molecule has 8 unspecified atom stereocenters. The van der Waals surface area contributed by atoms with Crippen molar-refractivity contribution in [2.24, 2.45) is 0 Å². The van der Waals surface area contributed by atoms with Crippen LogP contribution in [0, 0.1) is 0 Å². The van der Waals surface area contributed by atoms with Gasteiger partial charge in [-0.2, -0.15) is 0 Å². The van der Waals surface area contributed by atoms with Gasteiger partial charge in [-0.15, -0.1) is 0 Å². The van der Waals surface area contributed by atoms with Crippen molar-refractivity contribution in [1.82, 2.24) is 5.32 Å². The zero-order valence-electron chi connectivity index (χ0n) is 39.7. The molecule has 8 atom stereocenters. The molecule has 1 amide bonds. The van der Waals surface area contributed by atoms with Crippen molar-refractivity contribution >= 4 is 13.7 Å². The van der Waals surface area contributed by atoms with Gasteiger partial charge < -0.3 is 46.0 Å². The van der Waals surface area contributed by atoms with Crippen molar-refractivity contribution in [1.29, 1.82) is 0 Å². The number of carbonyl (C=O) groups excluding carboxylic acids is 1. The number of phosphoric acid groups is 1. The summed E-state index contributed by atoms with van der Waals surface area (Å²) in [5, 5.41) is 74.6. The third-order valence-electron chi connectivity index (χ3n) is 11.9. The molecule has 374 valence electrons. The number of aliphatic hydroxyl groups is 7. The molecule has 1 fully saturated rings. The SMILES string of the molecule is CCCCC/C=C\C/C=C\CCCCCCCC(O)CC(=O)NC(COP(=O)(O)OC1C(O)C(O)C(O)C(O)C1O)C(O)/C=C/CC/C=C/CCCCCCCCCCCCCCC. The van der Waals surface area contributed by atoms with Crippen molar-refractivity contribution in [3.63, 3.8) is 0 Å². The first kappa shape index (κ1) is 60.3. The summed E-state index contributed by atoms with van der Waals surface area (Å²) in [6, 6.07) is -1.26. The van der Waals surface area contributed by atoms with Crippen LogP contribution in [-0.4, -0.2) is 108 Å². The molecule has 1 saturated carbocycles. The average Bonchev–Trinajstić information content (AvgIpc) is 3.27. The van der Waals surface area contributed by atoms with Crippen LogP contribution in [0.2, 0.25) is 0 Å². The number of carbonyl (C=O) groups is 1. The molecule has 64 heavy (non-hydrogen) atoms. The van der Waals surface area contributed by atoms with E-state index in [1.807, 2.05) is 0 Å². The number of allylic oxidation sites excluding steroid dienone is 7. The highest BCUT2D eigenvalue weighted by Gasteiger charge is 2.51. The number of aliphatic hydroxyl groups excluding tert-OH is 7. The van der Waals surface area contributed by atoms with E-state index in [0.29, 0.717) is 12.8 Å². The van der Waals surface area contributed by atoms with Crippen molar-refractivity contribution in [2.45, 2.75) is 255 Å². The quantitative estimate of drug-likeness (QED) is 0.0159. The topological polar surface area (TPSA) is 226 Å². The van der Waals surface area contributed by atoms with E-state index in [-0.39, 0.29) is 6.42 Å². The third-order valence-corrected chi connectivity index (χ3v) is 12.9. The van der Waals surface area contributed by atoms with Gasteiger partial charge in [0.05, 0.1) is 31.3 Å². The van der Waals surface area contributed by atoms with E-state index in [9.17, 15) is 50.0 Å². The Kier molecular flexibility index (Phi) is 37.0. The zero-order chi connectivity index (χ0) is 47.3. The molecule has 1 aliphatic rings. The monoisotopic (exact) mass is 930 g/mol. The molecular formula is C50H92NO12P. The molecule has 0 aliphatic heterocycles. The van der Waals surface area contributed by atoms with Crippen LogP contribution in [-0.2, 0) is 18.4 Å². The molecule has 0 heterocycles. The molecule has 0 aromatic carbocycles. The molecule has 9 N–H and O–H groups in total. The first-order valence-electron chi connectivity index (χ1n) is 25.2. The van der Waals surface area contributed by atoms with E-state index < -0.39 is 75.2 Å².